The summed E-state index contributed by atoms with van der Waals surface area (Å²) in [6.45, 7) is 10.6. The zero-order valence-corrected chi connectivity index (χ0v) is 10.6. The van der Waals surface area contributed by atoms with Crippen molar-refractivity contribution in [1.29, 1.82) is 0 Å². The van der Waals surface area contributed by atoms with Gasteiger partial charge in [0.15, 0.2) is 11.6 Å². The predicted molar refractivity (Wildman–Crippen MR) is 63.3 cm³/mol. The number of benzene rings is 1. The van der Waals surface area contributed by atoms with E-state index in [0.29, 0.717) is 5.75 Å². The van der Waals surface area contributed by atoms with Crippen molar-refractivity contribution in [3.05, 3.63) is 29.6 Å². The van der Waals surface area contributed by atoms with Gasteiger partial charge in [-0.2, -0.15) is 0 Å². The average Bonchev–Trinajstić information content (AvgIpc) is 2.43. The lowest BCUT2D eigenvalue weighted by Crippen LogP contribution is -2.46. The normalized spacial score (nSPS) is 28.8. The number of halogens is 1. The molecule has 88 valence electrons. The topological polar surface area (TPSA) is 9.23 Å². The molecular formula is C14H19FO. The molecule has 1 aromatic rings. The Morgan fingerprint density at radius 3 is 2.44 bits per heavy atom. The van der Waals surface area contributed by atoms with Gasteiger partial charge in [0.05, 0.1) is 0 Å². The fourth-order valence-corrected chi connectivity index (χ4v) is 2.37. The SMILES string of the molecule is CC1c2cccc(F)c2OC1(C)C(C)(C)C. The maximum atomic E-state index is 13.7. The van der Waals surface area contributed by atoms with Crippen LogP contribution in [0.1, 0.15) is 46.1 Å². The van der Waals surface area contributed by atoms with Crippen molar-refractivity contribution < 1.29 is 9.13 Å². The molecule has 0 bridgehead atoms. The largest absolute Gasteiger partial charge is 0.483 e. The molecule has 0 N–H and O–H groups in total. The minimum absolute atomic E-state index is 0.0299. The van der Waals surface area contributed by atoms with E-state index in [1.54, 1.807) is 6.07 Å². The van der Waals surface area contributed by atoms with E-state index < -0.39 is 0 Å². The van der Waals surface area contributed by atoms with Gasteiger partial charge in [-0.25, -0.2) is 4.39 Å². The van der Waals surface area contributed by atoms with Crippen molar-refractivity contribution in [2.24, 2.45) is 5.41 Å². The number of ether oxygens (including phenoxy) is 1. The summed E-state index contributed by atoms with van der Waals surface area (Å²) < 4.78 is 19.6. The molecular weight excluding hydrogens is 203 g/mol. The van der Waals surface area contributed by atoms with E-state index in [1.165, 1.54) is 6.07 Å². The maximum absolute atomic E-state index is 13.7. The molecule has 2 unspecified atom stereocenters. The lowest BCUT2D eigenvalue weighted by Gasteiger charge is -2.41. The van der Waals surface area contributed by atoms with Crippen LogP contribution in [0.15, 0.2) is 18.2 Å². The number of para-hydroxylation sites is 1. The predicted octanol–water partition coefficient (Wildman–Crippen LogP) is 4.13. The number of fused-ring (bicyclic) bond motifs is 1. The fourth-order valence-electron chi connectivity index (χ4n) is 2.37. The molecule has 0 saturated heterocycles. The van der Waals surface area contributed by atoms with Gasteiger partial charge >= 0.3 is 0 Å². The lowest BCUT2D eigenvalue weighted by molar-refractivity contribution is -0.0162. The quantitative estimate of drug-likeness (QED) is 0.641. The molecule has 0 amide bonds. The smallest absolute Gasteiger partial charge is 0.165 e. The minimum atomic E-state index is -0.350. The van der Waals surface area contributed by atoms with Gasteiger partial charge in [-0.05, 0) is 13.0 Å². The Morgan fingerprint density at radius 1 is 1.31 bits per heavy atom. The first kappa shape index (κ1) is 11.4. The van der Waals surface area contributed by atoms with Crippen molar-refractivity contribution in [2.75, 3.05) is 0 Å². The van der Waals surface area contributed by atoms with Crippen LogP contribution in [0.3, 0.4) is 0 Å². The van der Waals surface area contributed by atoms with Gasteiger partial charge in [-0.3, -0.25) is 0 Å². The summed E-state index contributed by atoms with van der Waals surface area (Å²) in [6.07, 6.45) is 0. The highest BCUT2D eigenvalue weighted by Crippen LogP contribution is 2.52. The zero-order chi connectivity index (χ0) is 12.1. The second-order valence-electron chi connectivity index (χ2n) is 5.84. The second-order valence-corrected chi connectivity index (χ2v) is 5.84. The molecule has 0 radical (unpaired) electrons. The van der Waals surface area contributed by atoms with Crippen molar-refractivity contribution in [3.63, 3.8) is 0 Å². The Labute approximate surface area is 96.6 Å². The van der Waals surface area contributed by atoms with Crippen molar-refractivity contribution in [1.82, 2.24) is 0 Å². The third-order valence-corrected chi connectivity index (χ3v) is 4.09. The van der Waals surface area contributed by atoms with Gasteiger partial charge in [-0.1, -0.05) is 39.8 Å². The molecule has 0 spiro atoms. The van der Waals surface area contributed by atoms with Gasteiger partial charge in [0, 0.05) is 16.9 Å². The van der Waals surface area contributed by atoms with Crippen LogP contribution >= 0.6 is 0 Å². The van der Waals surface area contributed by atoms with E-state index in [2.05, 4.69) is 34.6 Å². The summed E-state index contributed by atoms with van der Waals surface area (Å²) in [4.78, 5) is 0. The Morgan fingerprint density at radius 2 is 1.94 bits per heavy atom. The molecule has 0 aliphatic carbocycles. The van der Waals surface area contributed by atoms with E-state index in [4.69, 9.17) is 4.74 Å². The van der Waals surface area contributed by atoms with Crippen LogP contribution < -0.4 is 4.74 Å². The zero-order valence-electron chi connectivity index (χ0n) is 10.6. The van der Waals surface area contributed by atoms with Gasteiger partial charge in [-0.15, -0.1) is 0 Å². The van der Waals surface area contributed by atoms with Crippen LogP contribution in [0.25, 0.3) is 0 Å². The van der Waals surface area contributed by atoms with E-state index in [9.17, 15) is 4.39 Å². The number of hydrogen-bond donors (Lipinski definition) is 0. The van der Waals surface area contributed by atoms with Crippen LogP contribution in [-0.4, -0.2) is 5.60 Å². The first-order valence-corrected chi connectivity index (χ1v) is 5.75. The monoisotopic (exact) mass is 222 g/mol. The third-order valence-electron chi connectivity index (χ3n) is 4.09. The lowest BCUT2D eigenvalue weighted by atomic mass is 9.70. The molecule has 1 aliphatic rings. The van der Waals surface area contributed by atoms with E-state index in [0.717, 1.165) is 5.56 Å². The average molecular weight is 222 g/mol. The van der Waals surface area contributed by atoms with Gasteiger partial charge in [0.25, 0.3) is 0 Å². The fraction of sp³-hybridized carbons (Fsp3) is 0.571. The molecule has 2 heteroatoms. The standard InChI is InChI=1S/C14H19FO/c1-9-10-7-6-8-11(15)12(10)16-14(9,5)13(2,3)4/h6-9H,1-5H3. The summed E-state index contributed by atoms with van der Waals surface area (Å²) in [6, 6.07) is 5.17. The molecule has 2 rings (SSSR count). The third kappa shape index (κ3) is 1.35. The van der Waals surface area contributed by atoms with Crippen LogP contribution in [-0.2, 0) is 0 Å². The van der Waals surface area contributed by atoms with Crippen molar-refractivity contribution >= 4 is 0 Å². The van der Waals surface area contributed by atoms with Crippen LogP contribution in [0, 0.1) is 11.2 Å². The Bertz CT molecular complexity index is 419. The van der Waals surface area contributed by atoms with E-state index in [1.807, 2.05) is 6.07 Å². The molecule has 2 atom stereocenters. The van der Waals surface area contributed by atoms with Crippen LogP contribution in [0.2, 0.25) is 0 Å². The highest BCUT2D eigenvalue weighted by Gasteiger charge is 2.50. The Balaban J connectivity index is 2.53. The van der Waals surface area contributed by atoms with E-state index in [-0.39, 0.29) is 22.8 Å². The molecule has 1 aromatic carbocycles. The summed E-state index contributed by atoms with van der Waals surface area (Å²) >= 11 is 0. The second kappa shape index (κ2) is 3.22. The summed E-state index contributed by atoms with van der Waals surface area (Å²) in [5, 5.41) is 0. The maximum Gasteiger partial charge on any atom is 0.165 e. The van der Waals surface area contributed by atoms with Gasteiger partial charge < -0.3 is 4.74 Å². The molecule has 1 nitrogen and oxygen atoms in total. The van der Waals surface area contributed by atoms with Crippen LogP contribution in [0.4, 0.5) is 4.39 Å². The number of rotatable bonds is 0. The first-order chi connectivity index (χ1) is 7.27. The highest BCUT2D eigenvalue weighted by molar-refractivity contribution is 5.44. The van der Waals surface area contributed by atoms with Crippen molar-refractivity contribution in [3.8, 4) is 5.75 Å². The minimum Gasteiger partial charge on any atom is -0.483 e. The molecule has 0 saturated carbocycles. The molecule has 1 heterocycles. The highest BCUT2D eigenvalue weighted by atomic mass is 19.1. The van der Waals surface area contributed by atoms with Gasteiger partial charge in [0.2, 0.25) is 0 Å². The summed E-state index contributed by atoms with van der Waals surface area (Å²) in [5.41, 5.74) is 0.604. The summed E-state index contributed by atoms with van der Waals surface area (Å²) in [5.74, 6) is 0.392. The summed E-state index contributed by atoms with van der Waals surface area (Å²) in [7, 11) is 0. The van der Waals surface area contributed by atoms with Crippen LogP contribution in [0.5, 0.6) is 5.75 Å². The molecule has 0 fully saturated rings. The molecule has 0 aromatic heterocycles. The molecule has 16 heavy (non-hydrogen) atoms. The van der Waals surface area contributed by atoms with Crippen molar-refractivity contribution in [2.45, 2.75) is 46.1 Å². The Kier molecular flexibility index (Phi) is 2.30. The molecule has 1 aliphatic heterocycles. The van der Waals surface area contributed by atoms with Gasteiger partial charge in [0.1, 0.15) is 5.60 Å². The van der Waals surface area contributed by atoms with E-state index >= 15 is 0 Å². The number of hydrogen-bond acceptors (Lipinski definition) is 1. The Hall–Kier alpha value is -1.05. The first-order valence-electron chi connectivity index (χ1n) is 5.75.